The maximum absolute atomic E-state index is 12.7. The third kappa shape index (κ3) is 7.90. The van der Waals surface area contributed by atoms with E-state index in [1.54, 1.807) is 24.3 Å². The fraction of sp³-hybridized carbons (Fsp3) is 0.351. The summed E-state index contributed by atoms with van der Waals surface area (Å²) in [5.41, 5.74) is 5.48. The number of hydrogen-bond acceptors (Lipinski definition) is 5. The zero-order chi connectivity index (χ0) is 30.9. The molecule has 5 rings (SSSR count). The van der Waals surface area contributed by atoms with Crippen LogP contribution in [0, 0.1) is 5.92 Å². The summed E-state index contributed by atoms with van der Waals surface area (Å²) in [5.74, 6) is 1.29. The number of carboxylic acids is 1. The molecule has 3 aromatic carbocycles. The number of benzene rings is 3. The van der Waals surface area contributed by atoms with Crippen molar-refractivity contribution in [2.45, 2.75) is 70.8 Å². The van der Waals surface area contributed by atoms with Crippen molar-refractivity contribution in [1.29, 1.82) is 0 Å². The standard InChI is InChI=1S/C37H41N3O4/c1-3-21-44-33-19-17-31(18-20-33)36(41)40-34(37(42)43)22-26-7-11-30(12-8-26)35-38-23-32(24-39-35)29-15-13-28(14-16-29)27-9-5-25(4-2)6-10-27/h7-8,11-20,23-25,27,34H,3-6,9-10,21-22H2,1-2H3,(H,40,41)(H,42,43)/t25?,27?,34-/m0/s1. The Morgan fingerprint density at radius 3 is 2.07 bits per heavy atom. The third-order valence-electron chi connectivity index (χ3n) is 8.64. The molecule has 0 unspecified atom stereocenters. The summed E-state index contributed by atoms with van der Waals surface area (Å²) in [4.78, 5) is 33.9. The van der Waals surface area contributed by atoms with E-state index in [4.69, 9.17) is 4.74 Å². The lowest BCUT2D eigenvalue weighted by molar-refractivity contribution is -0.139. The van der Waals surface area contributed by atoms with Crippen LogP contribution < -0.4 is 10.1 Å². The molecule has 0 saturated heterocycles. The zero-order valence-corrected chi connectivity index (χ0v) is 25.5. The van der Waals surface area contributed by atoms with Crippen molar-refractivity contribution in [2.24, 2.45) is 5.92 Å². The Bertz CT molecular complexity index is 1510. The largest absolute Gasteiger partial charge is 0.494 e. The second-order valence-corrected chi connectivity index (χ2v) is 11.7. The van der Waals surface area contributed by atoms with Gasteiger partial charge < -0.3 is 15.2 Å². The van der Waals surface area contributed by atoms with Crippen molar-refractivity contribution in [2.75, 3.05) is 6.61 Å². The maximum atomic E-state index is 12.7. The normalized spacial score (nSPS) is 17.0. The molecule has 1 amide bonds. The van der Waals surface area contributed by atoms with Gasteiger partial charge in [-0.3, -0.25) is 4.79 Å². The molecule has 1 fully saturated rings. The number of nitrogens with zero attached hydrogens (tertiary/aromatic N) is 2. The average molecular weight is 592 g/mol. The Kier molecular flexibility index (Phi) is 10.4. The molecule has 0 bridgehead atoms. The van der Waals surface area contributed by atoms with Gasteiger partial charge >= 0.3 is 5.97 Å². The van der Waals surface area contributed by atoms with Crippen LogP contribution in [-0.2, 0) is 11.2 Å². The molecule has 7 nitrogen and oxygen atoms in total. The van der Waals surface area contributed by atoms with Crippen LogP contribution in [0.4, 0.5) is 0 Å². The zero-order valence-electron chi connectivity index (χ0n) is 25.5. The predicted molar refractivity (Wildman–Crippen MR) is 173 cm³/mol. The van der Waals surface area contributed by atoms with Gasteiger partial charge in [-0.15, -0.1) is 0 Å². The summed E-state index contributed by atoms with van der Waals surface area (Å²) in [6.07, 6.45) is 11.2. The van der Waals surface area contributed by atoms with Crippen molar-refractivity contribution in [1.82, 2.24) is 15.3 Å². The average Bonchev–Trinajstić information content (AvgIpc) is 3.07. The number of ether oxygens (including phenoxy) is 1. The minimum Gasteiger partial charge on any atom is -0.494 e. The molecule has 1 atom stereocenters. The first-order valence-corrected chi connectivity index (χ1v) is 15.7. The number of nitrogens with one attached hydrogen (secondary N) is 1. The van der Waals surface area contributed by atoms with Crippen LogP contribution in [0.1, 0.15) is 79.8 Å². The summed E-state index contributed by atoms with van der Waals surface area (Å²) in [6, 6.07) is 21.9. The second kappa shape index (κ2) is 14.8. The minimum absolute atomic E-state index is 0.148. The van der Waals surface area contributed by atoms with Crippen molar-refractivity contribution in [3.05, 3.63) is 102 Å². The number of carbonyl (C=O) groups is 2. The summed E-state index contributed by atoms with van der Waals surface area (Å²) in [7, 11) is 0. The molecular weight excluding hydrogens is 550 g/mol. The highest BCUT2D eigenvalue weighted by Crippen LogP contribution is 2.37. The smallest absolute Gasteiger partial charge is 0.326 e. The van der Waals surface area contributed by atoms with Crippen LogP contribution in [0.25, 0.3) is 22.5 Å². The van der Waals surface area contributed by atoms with E-state index in [1.807, 2.05) is 43.6 Å². The molecule has 44 heavy (non-hydrogen) atoms. The van der Waals surface area contributed by atoms with Gasteiger partial charge in [0.15, 0.2) is 5.82 Å². The molecule has 4 aromatic rings. The Morgan fingerprint density at radius 2 is 1.48 bits per heavy atom. The molecule has 1 saturated carbocycles. The molecule has 7 heteroatoms. The fourth-order valence-corrected chi connectivity index (χ4v) is 5.87. The number of aromatic nitrogens is 2. The van der Waals surface area contributed by atoms with Crippen LogP contribution >= 0.6 is 0 Å². The molecule has 0 spiro atoms. The molecule has 0 radical (unpaired) electrons. The molecule has 2 N–H and O–H groups in total. The molecule has 1 aromatic heterocycles. The SMILES string of the molecule is CCCOc1ccc(C(=O)N[C@@H](Cc2ccc(-c3ncc(-c4ccc(C5CCC(CC)CC5)cc4)cn3)cc2)C(=O)O)cc1. The van der Waals surface area contributed by atoms with Crippen molar-refractivity contribution in [3.8, 4) is 28.3 Å². The lowest BCUT2D eigenvalue weighted by atomic mass is 9.78. The summed E-state index contributed by atoms with van der Waals surface area (Å²) in [6.45, 7) is 4.91. The Morgan fingerprint density at radius 1 is 0.841 bits per heavy atom. The molecule has 1 aliphatic rings. The van der Waals surface area contributed by atoms with E-state index < -0.39 is 17.9 Å². The van der Waals surface area contributed by atoms with Crippen LogP contribution in [0.5, 0.6) is 5.75 Å². The second-order valence-electron chi connectivity index (χ2n) is 11.7. The highest BCUT2D eigenvalue weighted by atomic mass is 16.5. The number of carboxylic acid groups (broad SMARTS) is 1. The van der Waals surface area contributed by atoms with Crippen molar-refractivity contribution < 1.29 is 19.4 Å². The predicted octanol–water partition coefficient (Wildman–Crippen LogP) is 7.71. The van der Waals surface area contributed by atoms with E-state index in [0.717, 1.165) is 34.6 Å². The van der Waals surface area contributed by atoms with Gasteiger partial charge in [0.2, 0.25) is 0 Å². The number of carbonyl (C=O) groups excluding carboxylic acids is 1. The van der Waals surface area contributed by atoms with E-state index in [2.05, 4.69) is 46.5 Å². The van der Waals surface area contributed by atoms with Gasteiger partial charge in [0.05, 0.1) is 6.61 Å². The number of amides is 1. The van der Waals surface area contributed by atoms with Gasteiger partial charge in [0.1, 0.15) is 11.8 Å². The quantitative estimate of drug-likeness (QED) is 0.175. The summed E-state index contributed by atoms with van der Waals surface area (Å²) >= 11 is 0. The van der Waals surface area contributed by atoms with E-state index in [0.29, 0.717) is 29.7 Å². The fourth-order valence-electron chi connectivity index (χ4n) is 5.87. The first-order valence-electron chi connectivity index (χ1n) is 15.7. The maximum Gasteiger partial charge on any atom is 0.326 e. The molecule has 0 aliphatic heterocycles. The Hall–Kier alpha value is -4.52. The van der Waals surface area contributed by atoms with Gasteiger partial charge in [-0.05, 0) is 84.9 Å². The highest BCUT2D eigenvalue weighted by Gasteiger charge is 2.22. The first kappa shape index (κ1) is 30.9. The van der Waals surface area contributed by atoms with Crippen LogP contribution in [0.3, 0.4) is 0 Å². The van der Waals surface area contributed by atoms with Crippen molar-refractivity contribution >= 4 is 11.9 Å². The van der Waals surface area contributed by atoms with Crippen molar-refractivity contribution in [3.63, 3.8) is 0 Å². The first-order chi connectivity index (χ1) is 21.4. The lowest BCUT2D eigenvalue weighted by Gasteiger charge is -2.28. The summed E-state index contributed by atoms with van der Waals surface area (Å²) in [5, 5.41) is 12.4. The molecule has 1 heterocycles. The van der Waals surface area contributed by atoms with Gasteiger partial charge in [0, 0.05) is 35.5 Å². The number of hydrogen-bond donors (Lipinski definition) is 2. The topological polar surface area (TPSA) is 101 Å². The van der Waals surface area contributed by atoms with Crippen LogP contribution in [0.2, 0.25) is 0 Å². The van der Waals surface area contributed by atoms with Gasteiger partial charge in [-0.1, -0.05) is 68.8 Å². The van der Waals surface area contributed by atoms with E-state index in [9.17, 15) is 14.7 Å². The third-order valence-corrected chi connectivity index (χ3v) is 8.64. The van der Waals surface area contributed by atoms with Crippen LogP contribution in [-0.4, -0.2) is 39.6 Å². The number of aliphatic carboxylic acids is 1. The molecular formula is C37H41N3O4. The van der Waals surface area contributed by atoms with Gasteiger partial charge in [-0.25, -0.2) is 14.8 Å². The lowest BCUT2D eigenvalue weighted by Crippen LogP contribution is -2.42. The van der Waals surface area contributed by atoms with Gasteiger partial charge in [-0.2, -0.15) is 0 Å². The monoisotopic (exact) mass is 591 g/mol. The minimum atomic E-state index is -1.10. The Balaban J connectivity index is 1.18. The Labute approximate surface area is 259 Å². The summed E-state index contributed by atoms with van der Waals surface area (Å²) < 4.78 is 5.55. The van der Waals surface area contributed by atoms with Gasteiger partial charge in [0.25, 0.3) is 5.91 Å². The van der Waals surface area contributed by atoms with E-state index >= 15 is 0 Å². The molecule has 1 aliphatic carbocycles. The van der Waals surface area contributed by atoms with Crippen LogP contribution in [0.15, 0.2) is 85.2 Å². The van der Waals surface area contributed by atoms with E-state index in [-0.39, 0.29) is 6.42 Å². The molecule has 228 valence electrons. The number of rotatable bonds is 12. The highest BCUT2D eigenvalue weighted by molar-refractivity contribution is 5.96. The van der Waals surface area contributed by atoms with E-state index in [1.165, 1.54) is 37.7 Å².